The summed E-state index contributed by atoms with van der Waals surface area (Å²) >= 11 is 0. The Morgan fingerprint density at radius 3 is 1.70 bits per heavy atom. The number of ketones is 2. The van der Waals surface area contributed by atoms with Gasteiger partial charge in [-0.1, -0.05) is 79.1 Å². The third-order valence-electron chi connectivity index (χ3n) is 7.98. The molecule has 0 radical (unpaired) electrons. The fourth-order valence-electron chi connectivity index (χ4n) is 4.98. The van der Waals surface area contributed by atoms with Crippen LogP contribution >= 0.6 is 0 Å². The zero-order valence-corrected chi connectivity index (χ0v) is 23.2. The smallest absolute Gasteiger partial charge is 0.185 e. The van der Waals surface area contributed by atoms with Gasteiger partial charge in [0.1, 0.15) is 0 Å². The van der Waals surface area contributed by atoms with Crippen molar-refractivity contribution in [2.45, 2.75) is 132 Å². The monoisotopic (exact) mass is 460 g/mol. The van der Waals surface area contributed by atoms with Crippen molar-refractivity contribution >= 4 is 11.6 Å². The van der Waals surface area contributed by atoms with Crippen molar-refractivity contribution in [2.24, 2.45) is 17.8 Å². The van der Waals surface area contributed by atoms with E-state index in [-0.39, 0.29) is 17.2 Å². The topological polar surface area (TPSA) is 43.4 Å². The van der Waals surface area contributed by atoms with E-state index in [0.29, 0.717) is 28.7 Å². The van der Waals surface area contributed by atoms with Crippen LogP contribution in [0.1, 0.15) is 126 Å². The third-order valence-corrected chi connectivity index (χ3v) is 7.98. The van der Waals surface area contributed by atoms with E-state index in [1.54, 1.807) is 27.9 Å². The first-order valence-corrected chi connectivity index (χ1v) is 13.4. The van der Waals surface area contributed by atoms with Gasteiger partial charge < -0.3 is 4.74 Å². The number of Topliss-reactive ketones (excluding diaryl/α,β-unsaturated/α-hetero) is 2. The van der Waals surface area contributed by atoms with E-state index in [9.17, 15) is 9.59 Å². The average Bonchev–Trinajstić information content (AvgIpc) is 2.76. The Hall–Kier alpha value is -1.22. The molecule has 3 unspecified atom stereocenters. The van der Waals surface area contributed by atoms with E-state index in [4.69, 9.17) is 4.74 Å². The van der Waals surface area contributed by atoms with Crippen molar-refractivity contribution < 1.29 is 14.3 Å². The van der Waals surface area contributed by atoms with Crippen LogP contribution in [0.5, 0.6) is 0 Å². The minimum absolute atomic E-state index is 0.0179. The molecular formula is C30H52O3. The van der Waals surface area contributed by atoms with E-state index in [1.165, 1.54) is 44.9 Å². The predicted octanol–water partition coefficient (Wildman–Crippen LogP) is 8.42. The van der Waals surface area contributed by atoms with E-state index < -0.39 is 0 Å². The summed E-state index contributed by atoms with van der Waals surface area (Å²) in [5, 5.41) is 0. The molecule has 3 atom stereocenters. The number of allylic oxidation sites excluding steroid dienone is 4. The van der Waals surface area contributed by atoms with Crippen LogP contribution in [0.25, 0.3) is 0 Å². The lowest BCUT2D eigenvalue weighted by Gasteiger charge is -2.30. The van der Waals surface area contributed by atoms with Gasteiger partial charge in [0.2, 0.25) is 0 Å². The second-order valence-electron chi connectivity index (χ2n) is 11.5. The van der Waals surface area contributed by atoms with E-state index in [2.05, 4.69) is 34.6 Å². The van der Waals surface area contributed by atoms with Gasteiger partial charge in [-0.05, 0) is 64.7 Å². The molecule has 0 heterocycles. The summed E-state index contributed by atoms with van der Waals surface area (Å²) in [5.74, 6) is 2.47. The summed E-state index contributed by atoms with van der Waals surface area (Å²) in [6, 6.07) is 0. The van der Waals surface area contributed by atoms with Gasteiger partial charge in [0.05, 0.1) is 5.60 Å². The molecule has 1 aliphatic rings. The van der Waals surface area contributed by atoms with Gasteiger partial charge in [-0.15, -0.1) is 0 Å². The zero-order chi connectivity index (χ0) is 25.2. The van der Waals surface area contributed by atoms with Gasteiger partial charge in [0, 0.05) is 29.4 Å². The number of hydrogen-bond donors (Lipinski definition) is 0. The van der Waals surface area contributed by atoms with Gasteiger partial charge in [-0.25, -0.2) is 0 Å². The second kappa shape index (κ2) is 14.2. The summed E-state index contributed by atoms with van der Waals surface area (Å²) in [5.41, 5.74) is 2.24. The molecule has 0 spiro atoms. The first-order chi connectivity index (χ1) is 15.4. The van der Waals surface area contributed by atoms with Crippen molar-refractivity contribution in [3.05, 3.63) is 22.3 Å². The van der Waals surface area contributed by atoms with Crippen LogP contribution in [0, 0.1) is 17.8 Å². The number of methoxy groups -OCH3 is 1. The second-order valence-corrected chi connectivity index (χ2v) is 11.5. The molecule has 0 aromatic carbocycles. The highest BCUT2D eigenvalue weighted by molar-refractivity contribution is 6.24. The number of hydrogen-bond acceptors (Lipinski definition) is 3. The molecule has 0 aromatic heterocycles. The highest BCUT2D eigenvalue weighted by Crippen LogP contribution is 2.32. The average molecular weight is 461 g/mol. The fourth-order valence-corrected chi connectivity index (χ4v) is 4.98. The molecule has 0 bridgehead atoms. The maximum atomic E-state index is 12.7. The molecular weight excluding hydrogens is 408 g/mol. The summed E-state index contributed by atoms with van der Waals surface area (Å²) in [6.07, 6.45) is 12.8. The maximum Gasteiger partial charge on any atom is 0.185 e. The standard InChI is InChI=1S/C30H52O3/c1-21(2)13-10-14-22(3)15-11-16-23(4)17-12-19-30(8,33-9)20-18-27-26(7)28(31)24(5)25(6)29(27)32/h21-23H,10-20H2,1-9H3. The molecule has 3 heteroatoms. The van der Waals surface area contributed by atoms with Crippen molar-refractivity contribution in [1.29, 1.82) is 0 Å². The lowest BCUT2D eigenvalue weighted by atomic mass is 9.81. The summed E-state index contributed by atoms with van der Waals surface area (Å²) in [6.45, 7) is 16.9. The van der Waals surface area contributed by atoms with Crippen molar-refractivity contribution in [2.75, 3.05) is 7.11 Å². The van der Waals surface area contributed by atoms with Crippen LogP contribution in [0.3, 0.4) is 0 Å². The van der Waals surface area contributed by atoms with Crippen LogP contribution in [-0.2, 0) is 14.3 Å². The van der Waals surface area contributed by atoms with Gasteiger partial charge in [0.25, 0.3) is 0 Å². The molecule has 0 aliphatic heterocycles. The van der Waals surface area contributed by atoms with Crippen LogP contribution in [0.2, 0.25) is 0 Å². The Balaban J connectivity index is 2.40. The Labute approximate surface area is 204 Å². The Morgan fingerprint density at radius 2 is 1.18 bits per heavy atom. The predicted molar refractivity (Wildman–Crippen MR) is 140 cm³/mol. The van der Waals surface area contributed by atoms with E-state index in [1.807, 2.05) is 0 Å². The first-order valence-electron chi connectivity index (χ1n) is 13.4. The van der Waals surface area contributed by atoms with Gasteiger partial charge in [-0.2, -0.15) is 0 Å². The molecule has 0 saturated carbocycles. The van der Waals surface area contributed by atoms with Crippen LogP contribution in [0.4, 0.5) is 0 Å². The van der Waals surface area contributed by atoms with Gasteiger partial charge in [-0.3, -0.25) is 9.59 Å². The van der Waals surface area contributed by atoms with Crippen LogP contribution < -0.4 is 0 Å². The Kier molecular flexibility index (Phi) is 12.9. The number of ether oxygens (including phenoxy) is 1. The van der Waals surface area contributed by atoms with Crippen LogP contribution in [-0.4, -0.2) is 24.3 Å². The number of carbonyl (C=O) groups excluding carboxylic acids is 2. The lowest BCUT2D eigenvalue weighted by molar-refractivity contribution is -0.116. The third kappa shape index (κ3) is 9.89. The lowest BCUT2D eigenvalue weighted by Crippen LogP contribution is -2.29. The zero-order valence-electron chi connectivity index (χ0n) is 23.2. The molecule has 0 aromatic rings. The molecule has 33 heavy (non-hydrogen) atoms. The van der Waals surface area contributed by atoms with Gasteiger partial charge >= 0.3 is 0 Å². The highest BCUT2D eigenvalue weighted by Gasteiger charge is 2.30. The van der Waals surface area contributed by atoms with Crippen molar-refractivity contribution in [3.63, 3.8) is 0 Å². The fraction of sp³-hybridized carbons (Fsp3) is 0.800. The number of carbonyl (C=O) groups is 2. The molecule has 1 rings (SSSR count). The minimum Gasteiger partial charge on any atom is -0.379 e. The molecule has 0 amide bonds. The Morgan fingerprint density at radius 1 is 0.697 bits per heavy atom. The quantitative estimate of drug-likeness (QED) is 0.217. The molecule has 1 aliphatic carbocycles. The molecule has 0 N–H and O–H groups in total. The Bertz CT molecular complexity index is 712. The van der Waals surface area contributed by atoms with E-state index >= 15 is 0 Å². The summed E-state index contributed by atoms with van der Waals surface area (Å²) < 4.78 is 5.89. The maximum absolute atomic E-state index is 12.7. The molecule has 190 valence electrons. The summed E-state index contributed by atoms with van der Waals surface area (Å²) in [4.78, 5) is 25.2. The van der Waals surface area contributed by atoms with Gasteiger partial charge in [0.15, 0.2) is 11.6 Å². The SMILES string of the molecule is COC(C)(CCCC(C)CCCC(C)CCCC(C)C)CCC1=C(C)C(=O)C(C)=C(C)C1=O. The van der Waals surface area contributed by atoms with Crippen molar-refractivity contribution in [3.8, 4) is 0 Å². The number of rotatable bonds is 16. The van der Waals surface area contributed by atoms with E-state index in [0.717, 1.165) is 37.0 Å². The van der Waals surface area contributed by atoms with Crippen molar-refractivity contribution in [1.82, 2.24) is 0 Å². The summed E-state index contributed by atoms with van der Waals surface area (Å²) in [7, 11) is 1.77. The molecule has 3 nitrogen and oxygen atoms in total. The minimum atomic E-state index is -0.259. The van der Waals surface area contributed by atoms with Crippen LogP contribution in [0.15, 0.2) is 22.3 Å². The highest BCUT2D eigenvalue weighted by atomic mass is 16.5. The molecule has 0 fully saturated rings. The first kappa shape index (κ1) is 29.8. The largest absolute Gasteiger partial charge is 0.379 e. The molecule has 0 saturated heterocycles. The normalized spacial score (nSPS) is 18.8.